The van der Waals surface area contributed by atoms with Gasteiger partial charge in [-0.2, -0.15) is 5.26 Å². The Balaban J connectivity index is 1.62. The molecule has 3 heterocycles. The van der Waals surface area contributed by atoms with Crippen LogP contribution in [0.1, 0.15) is 42.7 Å². The molecule has 192 valence electrons. The van der Waals surface area contributed by atoms with Crippen LogP contribution in [0, 0.1) is 23.1 Å². The van der Waals surface area contributed by atoms with Crippen molar-refractivity contribution < 1.29 is 18.4 Å². The number of nitrogens with two attached hydrogens (primary N) is 1. The molecule has 0 aliphatic carbocycles. The molecule has 8 nitrogen and oxygen atoms in total. The average molecular weight is 525 g/mol. The van der Waals surface area contributed by atoms with Crippen LogP contribution in [-0.2, 0) is 15.1 Å². The van der Waals surface area contributed by atoms with Gasteiger partial charge >= 0.3 is 0 Å². The van der Waals surface area contributed by atoms with Crippen molar-refractivity contribution in [2.45, 2.75) is 31.1 Å². The number of nitrogens with zero attached hydrogens (tertiary/aromatic N) is 4. The molecule has 0 saturated carbocycles. The highest BCUT2D eigenvalue weighted by Crippen LogP contribution is 2.43. The quantitative estimate of drug-likeness (QED) is 0.633. The lowest BCUT2D eigenvalue weighted by Gasteiger charge is -2.34. The number of nitrogens with one attached hydrogen (secondary N) is 1. The smallest absolute Gasteiger partial charge is 0.239 e. The first-order valence-corrected chi connectivity index (χ1v) is 12.6. The van der Waals surface area contributed by atoms with E-state index < -0.39 is 22.4 Å². The van der Waals surface area contributed by atoms with Gasteiger partial charge in [0.1, 0.15) is 17.7 Å². The first kappa shape index (κ1) is 26.3. The molecule has 0 spiro atoms. The Morgan fingerprint density at radius 3 is 2.84 bits per heavy atom. The molecule has 1 aromatic heterocycles. The fourth-order valence-electron chi connectivity index (χ4n) is 4.46. The number of thioether (sulfide) groups is 1. The Hall–Kier alpha value is -3.78. The molecule has 1 unspecified atom stereocenters. The van der Waals surface area contributed by atoms with Gasteiger partial charge in [-0.15, -0.1) is 0 Å². The van der Waals surface area contributed by atoms with E-state index in [0.717, 1.165) is 11.8 Å². The number of amidine groups is 1. The number of aromatic nitrogens is 1. The van der Waals surface area contributed by atoms with E-state index in [-0.39, 0.29) is 40.7 Å². The Morgan fingerprint density at radius 2 is 2.16 bits per heavy atom. The third-order valence-electron chi connectivity index (χ3n) is 6.72. The second-order valence-electron chi connectivity index (χ2n) is 9.23. The Bertz CT molecular complexity index is 1320. The van der Waals surface area contributed by atoms with E-state index in [4.69, 9.17) is 11.0 Å². The second kappa shape index (κ2) is 10.7. The van der Waals surface area contributed by atoms with Crippen LogP contribution in [0.25, 0.3) is 11.9 Å². The van der Waals surface area contributed by atoms with Gasteiger partial charge < -0.3 is 16.0 Å². The molecule has 2 amide bonds. The molecule has 11 heteroatoms. The molecular formula is C26H26F2N6O2S. The summed E-state index contributed by atoms with van der Waals surface area (Å²) in [7, 11) is 0. The fraction of sp³-hybridized carbons (Fsp3) is 0.346. The SMILES string of the molecule is C[C@@H]1CC(C(=O)N2CCNC(=O)C2)SC(N)=N[C@]1(C)c1cc(/C=C(\F)c2ccc(C#N)cn2)ccc1F. The highest BCUT2D eigenvalue weighted by Gasteiger charge is 2.42. The molecular weight excluding hydrogens is 498 g/mol. The molecule has 2 aliphatic heterocycles. The summed E-state index contributed by atoms with van der Waals surface area (Å²) >= 11 is 1.11. The van der Waals surface area contributed by atoms with Gasteiger partial charge in [0.15, 0.2) is 5.17 Å². The van der Waals surface area contributed by atoms with Crippen LogP contribution >= 0.6 is 11.8 Å². The first-order valence-electron chi connectivity index (χ1n) is 11.7. The van der Waals surface area contributed by atoms with Crippen LogP contribution in [-0.4, -0.2) is 51.8 Å². The van der Waals surface area contributed by atoms with Crippen molar-refractivity contribution in [2.24, 2.45) is 16.6 Å². The number of benzene rings is 1. The molecule has 2 aromatic rings. The van der Waals surface area contributed by atoms with Crippen LogP contribution in [0.5, 0.6) is 0 Å². The number of carbonyl (C=O) groups is 2. The molecule has 1 fully saturated rings. The summed E-state index contributed by atoms with van der Waals surface area (Å²) in [5.41, 5.74) is 6.05. The maximum Gasteiger partial charge on any atom is 0.239 e. The number of carbonyl (C=O) groups excluding carboxylic acids is 2. The average Bonchev–Trinajstić information content (AvgIpc) is 3.00. The topological polar surface area (TPSA) is 124 Å². The van der Waals surface area contributed by atoms with Crippen LogP contribution in [0.4, 0.5) is 8.78 Å². The molecule has 0 radical (unpaired) electrons. The predicted octanol–water partition coefficient (Wildman–Crippen LogP) is 3.19. The number of hydrogen-bond acceptors (Lipinski definition) is 7. The molecule has 3 atom stereocenters. The number of halogens is 2. The lowest BCUT2D eigenvalue weighted by molar-refractivity contribution is -0.138. The lowest BCUT2D eigenvalue weighted by atomic mass is 9.78. The third-order valence-corrected chi connectivity index (χ3v) is 7.74. The first-order chi connectivity index (χ1) is 17.6. The molecule has 1 aromatic carbocycles. The van der Waals surface area contributed by atoms with E-state index in [9.17, 15) is 14.0 Å². The van der Waals surface area contributed by atoms with E-state index in [0.29, 0.717) is 30.6 Å². The van der Waals surface area contributed by atoms with Crippen molar-refractivity contribution in [2.75, 3.05) is 19.6 Å². The Kier molecular flexibility index (Phi) is 7.59. The number of amides is 2. The molecule has 4 rings (SSSR count). The zero-order valence-electron chi connectivity index (χ0n) is 20.4. The van der Waals surface area contributed by atoms with Gasteiger partial charge in [-0.25, -0.2) is 8.78 Å². The monoisotopic (exact) mass is 524 g/mol. The number of aliphatic imine (C=N–C) groups is 1. The number of hydrogen-bond donors (Lipinski definition) is 2. The zero-order chi connectivity index (χ0) is 26.7. The summed E-state index contributed by atoms with van der Waals surface area (Å²) in [6.45, 7) is 4.40. The van der Waals surface area contributed by atoms with Gasteiger partial charge in [0.2, 0.25) is 11.8 Å². The molecule has 2 aliphatic rings. The summed E-state index contributed by atoms with van der Waals surface area (Å²) in [6, 6.07) is 9.00. The van der Waals surface area contributed by atoms with Crippen LogP contribution in [0.15, 0.2) is 41.5 Å². The Morgan fingerprint density at radius 1 is 1.38 bits per heavy atom. The number of rotatable bonds is 4. The predicted molar refractivity (Wildman–Crippen MR) is 138 cm³/mol. The molecule has 37 heavy (non-hydrogen) atoms. The van der Waals surface area contributed by atoms with Crippen molar-refractivity contribution >= 4 is 40.6 Å². The molecule has 1 saturated heterocycles. The maximum atomic E-state index is 15.2. The number of pyridine rings is 1. The van der Waals surface area contributed by atoms with Crippen molar-refractivity contribution in [3.8, 4) is 6.07 Å². The standard InChI is InChI=1S/C26H26F2N6O2S/c1-15-9-22(24(36)34-8-7-31-23(35)14-34)37-25(30)33-26(15,2)18-10-16(3-5-19(18)27)11-20(28)21-6-4-17(12-29)13-32-21/h3-6,10-11,13,15,22H,7-9,14H2,1-2H3,(H2,30,33)(H,31,35)/b20-11-/t15-,22?,26+/m1/s1. The third kappa shape index (κ3) is 5.64. The summed E-state index contributed by atoms with van der Waals surface area (Å²) in [4.78, 5) is 35.0. The van der Waals surface area contributed by atoms with Gasteiger partial charge in [-0.3, -0.25) is 19.6 Å². The van der Waals surface area contributed by atoms with E-state index in [2.05, 4.69) is 15.3 Å². The fourth-order valence-corrected chi connectivity index (χ4v) is 5.63. The van der Waals surface area contributed by atoms with Crippen molar-refractivity contribution in [1.29, 1.82) is 5.26 Å². The van der Waals surface area contributed by atoms with Gasteiger partial charge in [0.25, 0.3) is 0 Å². The lowest BCUT2D eigenvalue weighted by Crippen LogP contribution is -2.52. The zero-order valence-corrected chi connectivity index (χ0v) is 21.2. The van der Waals surface area contributed by atoms with E-state index in [1.165, 1.54) is 47.5 Å². The van der Waals surface area contributed by atoms with Crippen LogP contribution < -0.4 is 11.1 Å². The van der Waals surface area contributed by atoms with Gasteiger partial charge in [-0.05, 0) is 55.2 Å². The summed E-state index contributed by atoms with van der Waals surface area (Å²) in [6.07, 6.45) is 2.86. The summed E-state index contributed by atoms with van der Waals surface area (Å²) < 4.78 is 30.0. The largest absolute Gasteiger partial charge is 0.378 e. The minimum Gasteiger partial charge on any atom is -0.378 e. The van der Waals surface area contributed by atoms with E-state index in [1.54, 1.807) is 6.92 Å². The van der Waals surface area contributed by atoms with Crippen LogP contribution in [0.2, 0.25) is 0 Å². The summed E-state index contributed by atoms with van der Waals surface area (Å²) in [5, 5.41) is 11.2. The van der Waals surface area contributed by atoms with E-state index in [1.807, 2.05) is 13.0 Å². The van der Waals surface area contributed by atoms with Gasteiger partial charge in [0.05, 0.1) is 28.6 Å². The number of piperazine rings is 1. The minimum absolute atomic E-state index is 0.0126. The second-order valence-corrected chi connectivity index (χ2v) is 10.4. The van der Waals surface area contributed by atoms with Gasteiger partial charge in [-0.1, -0.05) is 24.8 Å². The van der Waals surface area contributed by atoms with Crippen molar-refractivity contribution in [3.05, 3.63) is 64.7 Å². The van der Waals surface area contributed by atoms with Crippen molar-refractivity contribution in [1.82, 2.24) is 15.2 Å². The van der Waals surface area contributed by atoms with Gasteiger partial charge in [0, 0.05) is 24.8 Å². The minimum atomic E-state index is -1.12. The normalized spacial score (nSPS) is 24.5. The summed E-state index contributed by atoms with van der Waals surface area (Å²) in [5.74, 6) is -1.90. The number of nitriles is 1. The Labute approximate surface area is 217 Å². The van der Waals surface area contributed by atoms with Crippen LogP contribution in [0.3, 0.4) is 0 Å². The highest BCUT2D eigenvalue weighted by molar-refractivity contribution is 8.14. The van der Waals surface area contributed by atoms with E-state index >= 15 is 4.39 Å². The highest BCUT2D eigenvalue weighted by atomic mass is 32.2. The van der Waals surface area contributed by atoms with Crippen molar-refractivity contribution in [3.63, 3.8) is 0 Å². The molecule has 0 bridgehead atoms. The molecule has 3 N–H and O–H groups in total. The maximum absolute atomic E-state index is 15.2.